The van der Waals surface area contributed by atoms with Crippen LogP contribution in [-0.4, -0.2) is 38.4 Å². The standard InChI is InChI=1S/C13H16ClNO3/c1-17-13(16)12-7-15-11(8-18-12)6-9-2-4-10(14)5-3-9/h2-5,11-12,15H,6-8H2,1H3. The van der Waals surface area contributed by atoms with E-state index in [1.807, 2.05) is 24.3 Å². The molecule has 0 spiro atoms. The van der Waals surface area contributed by atoms with Gasteiger partial charge in [-0.3, -0.25) is 0 Å². The molecule has 1 aromatic rings. The van der Waals surface area contributed by atoms with Crippen LogP contribution in [0.3, 0.4) is 0 Å². The number of rotatable bonds is 3. The number of hydrogen-bond acceptors (Lipinski definition) is 4. The lowest BCUT2D eigenvalue weighted by Crippen LogP contribution is -2.50. The van der Waals surface area contributed by atoms with Gasteiger partial charge in [0.1, 0.15) is 0 Å². The second-order valence-corrected chi connectivity index (χ2v) is 4.72. The van der Waals surface area contributed by atoms with Crippen molar-refractivity contribution in [1.29, 1.82) is 0 Å². The first-order valence-electron chi connectivity index (χ1n) is 5.86. The van der Waals surface area contributed by atoms with Gasteiger partial charge in [-0.05, 0) is 24.1 Å². The molecule has 1 fully saturated rings. The number of carbonyl (C=O) groups excluding carboxylic acids is 1. The highest BCUT2D eigenvalue weighted by atomic mass is 35.5. The van der Waals surface area contributed by atoms with E-state index in [4.69, 9.17) is 16.3 Å². The van der Waals surface area contributed by atoms with Crippen LogP contribution in [0.25, 0.3) is 0 Å². The Morgan fingerprint density at radius 2 is 2.22 bits per heavy atom. The molecule has 18 heavy (non-hydrogen) atoms. The maximum atomic E-state index is 11.3. The second-order valence-electron chi connectivity index (χ2n) is 4.28. The summed E-state index contributed by atoms with van der Waals surface area (Å²) in [6.07, 6.45) is 0.363. The van der Waals surface area contributed by atoms with E-state index in [1.54, 1.807) is 0 Å². The number of nitrogens with one attached hydrogen (secondary N) is 1. The Morgan fingerprint density at radius 1 is 1.50 bits per heavy atom. The maximum Gasteiger partial charge on any atom is 0.336 e. The minimum atomic E-state index is -0.489. The molecule has 1 aromatic carbocycles. The number of morpholine rings is 1. The van der Waals surface area contributed by atoms with Crippen LogP contribution in [0.4, 0.5) is 0 Å². The van der Waals surface area contributed by atoms with Crippen molar-refractivity contribution in [2.24, 2.45) is 0 Å². The number of benzene rings is 1. The quantitative estimate of drug-likeness (QED) is 0.843. The number of hydrogen-bond donors (Lipinski definition) is 1. The molecule has 0 bridgehead atoms. The number of halogens is 1. The molecular formula is C13H16ClNO3. The Kier molecular flexibility index (Phi) is 4.58. The third kappa shape index (κ3) is 3.45. The highest BCUT2D eigenvalue weighted by Gasteiger charge is 2.27. The Hall–Kier alpha value is -1.10. The third-order valence-corrected chi connectivity index (χ3v) is 3.20. The van der Waals surface area contributed by atoms with Gasteiger partial charge in [0, 0.05) is 17.6 Å². The highest BCUT2D eigenvalue weighted by Crippen LogP contribution is 2.13. The van der Waals surface area contributed by atoms with E-state index in [9.17, 15) is 4.79 Å². The first-order chi connectivity index (χ1) is 8.69. The van der Waals surface area contributed by atoms with Gasteiger partial charge in [-0.2, -0.15) is 0 Å². The van der Waals surface area contributed by atoms with E-state index in [1.165, 1.54) is 12.7 Å². The normalized spacial score (nSPS) is 23.7. The predicted molar refractivity (Wildman–Crippen MR) is 68.7 cm³/mol. The first kappa shape index (κ1) is 13.3. The van der Waals surface area contributed by atoms with E-state index in [-0.39, 0.29) is 12.0 Å². The van der Waals surface area contributed by atoms with Gasteiger partial charge in [0.15, 0.2) is 6.10 Å². The Morgan fingerprint density at radius 3 is 2.78 bits per heavy atom. The zero-order chi connectivity index (χ0) is 13.0. The van der Waals surface area contributed by atoms with Crippen LogP contribution in [0.15, 0.2) is 24.3 Å². The third-order valence-electron chi connectivity index (χ3n) is 2.95. The summed E-state index contributed by atoms with van der Waals surface area (Å²) in [6, 6.07) is 7.95. The highest BCUT2D eigenvalue weighted by molar-refractivity contribution is 6.30. The maximum absolute atomic E-state index is 11.3. The number of ether oxygens (including phenoxy) is 2. The van der Waals surface area contributed by atoms with Gasteiger partial charge in [-0.25, -0.2) is 4.79 Å². The van der Waals surface area contributed by atoms with Crippen molar-refractivity contribution in [3.8, 4) is 0 Å². The van der Waals surface area contributed by atoms with Gasteiger partial charge in [0.25, 0.3) is 0 Å². The summed E-state index contributed by atoms with van der Waals surface area (Å²) in [5.41, 5.74) is 1.19. The second kappa shape index (κ2) is 6.18. The fourth-order valence-corrected chi connectivity index (χ4v) is 2.07. The first-order valence-corrected chi connectivity index (χ1v) is 6.24. The fraction of sp³-hybridized carbons (Fsp3) is 0.462. The smallest absolute Gasteiger partial charge is 0.336 e. The SMILES string of the molecule is COC(=O)C1CNC(Cc2ccc(Cl)cc2)CO1. The van der Waals surface area contributed by atoms with Crippen molar-refractivity contribution >= 4 is 17.6 Å². The van der Waals surface area contributed by atoms with E-state index in [0.29, 0.717) is 13.2 Å². The molecule has 1 heterocycles. The van der Waals surface area contributed by atoms with Gasteiger partial charge in [0.2, 0.25) is 0 Å². The molecule has 1 aliphatic rings. The number of esters is 1. The summed E-state index contributed by atoms with van der Waals surface area (Å²) in [5.74, 6) is -0.326. The van der Waals surface area contributed by atoms with Crippen molar-refractivity contribution < 1.29 is 14.3 Å². The molecular weight excluding hydrogens is 254 g/mol. The molecule has 2 unspecified atom stereocenters. The lowest BCUT2D eigenvalue weighted by Gasteiger charge is -2.28. The molecule has 0 aliphatic carbocycles. The molecule has 98 valence electrons. The van der Waals surface area contributed by atoms with Crippen LogP contribution in [0.5, 0.6) is 0 Å². The minimum Gasteiger partial charge on any atom is -0.467 e. The lowest BCUT2D eigenvalue weighted by atomic mass is 10.1. The number of carbonyl (C=O) groups is 1. The van der Waals surface area contributed by atoms with Crippen molar-refractivity contribution in [2.45, 2.75) is 18.6 Å². The van der Waals surface area contributed by atoms with Crippen LogP contribution in [0.1, 0.15) is 5.56 Å². The van der Waals surface area contributed by atoms with E-state index < -0.39 is 6.10 Å². The van der Waals surface area contributed by atoms with Gasteiger partial charge in [-0.1, -0.05) is 23.7 Å². The summed E-state index contributed by atoms with van der Waals surface area (Å²) in [7, 11) is 1.37. The summed E-state index contributed by atoms with van der Waals surface area (Å²) in [5, 5.41) is 4.02. The molecule has 1 saturated heterocycles. The summed E-state index contributed by atoms with van der Waals surface area (Å²) in [4.78, 5) is 11.3. The molecule has 0 amide bonds. The molecule has 1 N–H and O–H groups in total. The van der Waals surface area contributed by atoms with Crippen LogP contribution in [0.2, 0.25) is 5.02 Å². The molecule has 0 radical (unpaired) electrons. The molecule has 2 rings (SSSR count). The van der Waals surface area contributed by atoms with Gasteiger partial charge < -0.3 is 14.8 Å². The lowest BCUT2D eigenvalue weighted by molar-refractivity contribution is -0.156. The van der Waals surface area contributed by atoms with Crippen LogP contribution in [-0.2, 0) is 20.7 Å². The summed E-state index contributed by atoms with van der Waals surface area (Å²) < 4.78 is 10.1. The Balaban J connectivity index is 1.83. The minimum absolute atomic E-state index is 0.215. The Bertz CT molecular complexity index is 399. The summed E-state index contributed by atoms with van der Waals surface area (Å²) in [6.45, 7) is 0.993. The molecule has 4 nitrogen and oxygen atoms in total. The van der Waals surface area contributed by atoms with Gasteiger partial charge in [-0.15, -0.1) is 0 Å². The van der Waals surface area contributed by atoms with Gasteiger partial charge in [0.05, 0.1) is 13.7 Å². The Labute approximate surface area is 111 Å². The summed E-state index contributed by atoms with van der Waals surface area (Å²) >= 11 is 5.83. The fourth-order valence-electron chi connectivity index (χ4n) is 1.94. The van der Waals surface area contributed by atoms with E-state index >= 15 is 0 Å². The van der Waals surface area contributed by atoms with Gasteiger partial charge >= 0.3 is 5.97 Å². The number of methoxy groups -OCH3 is 1. The van der Waals surface area contributed by atoms with Crippen molar-refractivity contribution in [2.75, 3.05) is 20.3 Å². The monoisotopic (exact) mass is 269 g/mol. The predicted octanol–water partition coefficient (Wildman–Crippen LogP) is 1.41. The van der Waals surface area contributed by atoms with Crippen molar-refractivity contribution in [3.63, 3.8) is 0 Å². The topological polar surface area (TPSA) is 47.6 Å². The largest absolute Gasteiger partial charge is 0.467 e. The average molecular weight is 270 g/mol. The van der Waals surface area contributed by atoms with Crippen molar-refractivity contribution in [1.82, 2.24) is 5.32 Å². The van der Waals surface area contributed by atoms with E-state index in [2.05, 4.69) is 10.1 Å². The molecule has 2 atom stereocenters. The average Bonchev–Trinajstić information content (AvgIpc) is 2.41. The molecule has 0 saturated carbocycles. The zero-order valence-corrected chi connectivity index (χ0v) is 10.9. The molecule has 0 aromatic heterocycles. The zero-order valence-electron chi connectivity index (χ0n) is 10.2. The van der Waals surface area contributed by atoms with Crippen LogP contribution < -0.4 is 5.32 Å². The van der Waals surface area contributed by atoms with Crippen molar-refractivity contribution in [3.05, 3.63) is 34.9 Å². The van der Waals surface area contributed by atoms with Crippen LogP contribution in [0, 0.1) is 0 Å². The van der Waals surface area contributed by atoms with Crippen LogP contribution >= 0.6 is 11.6 Å². The molecule has 5 heteroatoms. The van der Waals surface area contributed by atoms with E-state index in [0.717, 1.165) is 11.4 Å². The molecule has 1 aliphatic heterocycles.